The fourth-order valence-electron chi connectivity index (χ4n) is 1.52. The van der Waals surface area contributed by atoms with E-state index in [1.54, 1.807) is 20.0 Å². The molecule has 0 fully saturated rings. The normalized spacial score (nSPS) is 11.4. The van der Waals surface area contributed by atoms with Crippen LogP contribution in [0.15, 0.2) is 10.7 Å². The fraction of sp³-hybridized carbons (Fsp3) is 0.636. The van der Waals surface area contributed by atoms with Crippen LogP contribution in [0.5, 0.6) is 0 Å². The molecule has 0 radical (unpaired) electrons. The molecule has 1 rings (SSSR count). The van der Waals surface area contributed by atoms with Crippen molar-refractivity contribution in [2.24, 2.45) is 0 Å². The van der Waals surface area contributed by atoms with Gasteiger partial charge in [0.1, 0.15) is 5.82 Å². The number of likely N-dealkylation sites (N-methyl/N-ethyl adjacent to an activating group) is 1. The molecule has 0 saturated carbocycles. The van der Waals surface area contributed by atoms with Gasteiger partial charge in [-0.3, -0.25) is 0 Å². The zero-order valence-corrected chi connectivity index (χ0v) is 12.2. The Labute approximate surface area is 110 Å². The Balaban J connectivity index is 2.91. The molecule has 5 nitrogen and oxygen atoms in total. The van der Waals surface area contributed by atoms with Crippen molar-refractivity contribution in [3.8, 4) is 0 Å². The topological polar surface area (TPSA) is 61.3 Å². The van der Waals surface area contributed by atoms with Gasteiger partial charge in [0.05, 0.1) is 10.1 Å². The lowest BCUT2D eigenvalue weighted by Crippen LogP contribution is -2.36. The summed E-state index contributed by atoms with van der Waals surface area (Å²) in [5.74, 6) is 1.35. The summed E-state index contributed by atoms with van der Waals surface area (Å²) >= 11 is 3.41. The van der Waals surface area contributed by atoms with Crippen molar-refractivity contribution in [2.75, 3.05) is 30.4 Å². The van der Waals surface area contributed by atoms with Gasteiger partial charge in [0, 0.05) is 26.3 Å². The lowest BCUT2D eigenvalue weighted by atomic mass is 10.1. The van der Waals surface area contributed by atoms with Crippen LogP contribution in [-0.2, 0) is 0 Å². The average Bonchev–Trinajstić information content (AvgIpc) is 2.18. The Morgan fingerprint density at radius 2 is 2.18 bits per heavy atom. The minimum Gasteiger partial charge on any atom is -0.389 e. The number of nitrogens with zero attached hydrogens (tertiary/aromatic N) is 3. The Kier molecular flexibility index (Phi) is 4.70. The van der Waals surface area contributed by atoms with Crippen LogP contribution in [0.4, 0.5) is 11.8 Å². The lowest BCUT2D eigenvalue weighted by molar-refractivity contribution is 0.0884. The quantitative estimate of drug-likeness (QED) is 0.869. The number of rotatable bonds is 5. The van der Waals surface area contributed by atoms with Crippen molar-refractivity contribution in [3.05, 3.63) is 10.7 Å². The third kappa shape index (κ3) is 4.47. The van der Waals surface area contributed by atoms with Gasteiger partial charge in [-0.05, 0) is 36.7 Å². The van der Waals surface area contributed by atoms with Crippen LogP contribution in [0.2, 0.25) is 0 Å². The van der Waals surface area contributed by atoms with Gasteiger partial charge in [-0.2, -0.15) is 4.98 Å². The first-order chi connectivity index (χ1) is 7.83. The van der Waals surface area contributed by atoms with E-state index in [1.165, 1.54) is 0 Å². The van der Waals surface area contributed by atoms with Crippen molar-refractivity contribution in [1.29, 1.82) is 0 Å². The zero-order chi connectivity index (χ0) is 13.1. The van der Waals surface area contributed by atoms with Crippen LogP contribution < -0.4 is 10.2 Å². The minimum absolute atomic E-state index is 0.494. The number of aromatic nitrogens is 2. The van der Waals surface area contributed by atoms with Gasteiger partial charge in [-0.25, -0.2) is 4.98 Å². The highest BCUT2D eigenvalue weighted by Gasteiger charge is 2.18. The van der Waals surface area contributed by atoms with E-state index in [0.717, 1.165) is 16.8 Å². The van der Waals surface area contributed by atoms with E-state index in [1.807, 2.05) is 18.9 Å². The lowest BCUT2D eigenvalue weighted by Gasteiger charge is -2.27. The van der Waals surface area contributed by atoms with E-state index in [0.29, 0.717) is 12.5 Å². The van der Waals surface area contributed by atoms with Crippen molar-refractivity contribution in [3.63, 3.8) is 0 Å². The Bertz CT molecular complexity index is 378. The van der Waals surface area contributed by atoms with E-state index < -0.39 is 5.60 Å². The van der Waals surface area contributed by atoms with E-state index in [2.05, 4.69) is 31.2 Å². The zero-order valence-electron chi connectivity index (χ0n) is 10.7. The molecule has 6 heteroatoms. The molecule has 0 amide bonds. The maximum Gasteiger partial charge on any atom is 0.224 e. The predicted molar refractivity (Wildman–Crippen MR) is 73.5 cm³/mol. The molecule has 0 spiro atoms. The molecular formula is C11H19BrN4O. The predicted octanol–water partition coefficient (Wildman–Crippen LogP) is 1.88. The molecule has 0 saturated heterocycles. The van der Waals surface area contributed by atoms with Crippen molar-refractivity contribution in [2.45, 2.75) is 26.4 Å². The molecule has 0 aliphatic rings. The molecule has 0 bridgehead atoms. The average molecular weight is 303 g/mol. The smallest absolute Gasteiger partial charge is 0.224 e. The van der Waals surface area contributed by atoms with E-state index in [-0.39, 0.29) is 0 Å². The summed E-state index contributed by atoms with van der Waals surface area (Å²) in [5.41, 5.74) is -0.766. The third-order valence-corrected chi connectivity index (χ3v) is 2.61. The van der Waals surface area contributed by atoms with Gasteiger partial charge in [0.2, 0.25) is 5.95 Å². The summed E-state index contributed by atoms with van der Waals surface area (Å²) in [6.07, 6.45) is 1.71. The van der Waals surface area contributed by atoms with E-state index in [9.17, 15) is 5.11 Å². The van der Waals surface area contributed by atoms with Crippen molar-refractivity contribution < 1.29 is 5.11 Å². The summed E-state index contributed by atoms with van der Waals surface area (Å²) in [7, 11) is 1.89. The number of aliphatic hydroxyl groups is 1. The molecule has 2 N–H and O–H groups in total. The molecule has 0 atom stereocenters. The second kappa shape index (κ2) is 5.64. The first-order valence-electron chi connectivity index (χ1n) is 5.53. The van der Waals surface area contributed by atoms with Gasteiger partial charge in [0.15, 0.2) is 0 Å². The first kappa shape index (κ1) is 14.2. The second-order valence-corrected chi connectivity index (χ2v) is 5.42. The van der Waals surface area contributed by atoms with Crippen LogP contribution in [0, 0.1) is 0 Å². The molecule has 17 heavy (non-hydrogen) atoms. The number of hydrogen-bond donors (Lipinski definition) is 2. The van der Waals surface area contributed by atoms with Crippen LogP contribution in [0.3, 0.4) is 0 Å². The molecule has 0 aromatic carbocycles. The molecule has 1 aromatic rings. The second-order valence-electron chi connectivity index (χ2n) is 4.56. The first-order valence-corrected chi connectivity index (χ1v) is 6.32. The highest BCUT2D eigenvalue weighted by molar-refractivity contribution is 9.10. The number of hydrogen-bond acceptors (Lipinski definition) is 5. The van der Waals surface area contributed by atoms with Crippen LogP contribution in [0.1, 0.15) is 20.8 Å². The largest absolute Gasteiger partial charge is 0.389 e. The molecule has 96 valence electrons. The molecule has 1 heterocycles. The summed E-state index contributed by atoms with van der Waals surface area (Å²) < 4.78 is 0.811. The Morgan fingerprint density at radius 1 is 1.53 bits per heavy atom. The van der Waals surface area contributed by atoms with Crippen LogP contribution in [0.25, 0.3) is 0 Å². The SMILES string of the molecule is CCNc1ncc(Br)c(N(C)CC(C)(C)O)n1. The molecule has 0 aliphatic heterocycles. The van der Waals surface area contributed by atoms with Crippen molar-refractivity contribution in [1.82, 2.24) is 9.97 Å². The molecule has 0 aliphatic carbocycles. The Morgan fingerprint density at radius 3 is 2.71 bits per heavy atom. The Hall–Kier alpha value is -0.880. The summed E-state index contributed by atoms with van der Waals surface area (Å²) in [6, 6.07) is 0. The van der Waals surface area contributed by atoms with Crippen molar-refractivity contribution >= 4 is 27.7 Å². The van der Waals surface area contributed by atoms with E-state index >= 15 is 0 Å². The maximum absolute atomic E-state index is 9.80. The van der Waals surface area contributed by atoms with Gasteiger partial charge >= 0.3 is 0 Å². The minimum atomic E-state index is -0.766. The molecular weight excluding hydrogens is 284 g/mol. The number of anilines is 2. The van der Waals surface area contributed by atoms with Gasteiger partial charge < -0.3 is 15.3 Å². The summed E-state index contributed by atoms with van der Waals surface area (Å²) in [5, 5.41) is 12.9. The maximum atomic E-state index is 9.80. The standard InChI is InChI=1S/C11H19BrN4O/c1-5-13-10-14-6-8(12)9(15-10)16(4)7-11(2,3)17/h6,17H,5,7H2,1-4H3,(H,13,14,15). The fourth-order valence-corrected chi connectivity index (χ4v) is 2.02. The van der Waals surface area contributed by atoms with Gasteiger partial charge in [-0.15, -0.1) is 0 Å². The number of halogens is 1. The third-order valence-electron chi connectivity index (χ3n) is 2.05. The highest BCUT2D eigenvalue weighted by Crippen LogP contribution is 2.24. The molecule has 1 aromatic heterocycles. The summed E-state index contributed by atoms with van der Waals surface area (Å²) in [6.45, 7) is 6.80. The van der Waals surface area contributed by atoms with Crippen LogP contribution in [-0.4, -0.2) is 40.8 Å². The van der Waals surface area contributed by atoms with Gasteiger partial charge in [0.25, 0.3) is 0 Å². The van der Waals surface area contributed by atoms with Gasteiger partial charge in [-0.1, -0.05) is 0 Å². The van der Waals surface area contributed by atoms with Crippen LogP contribution >= 0.6 is 15.9 Å². The number of nitrogens with one attached hydrogen (secondary N) is 1. The molecule has 0 unspecified atom stereocenters. The summed E-state index contributed by atoms with van der Waals surface area (Å²) in [4.78, 5) is 10.4. The van der Waals surface area contributed by atoms with E-state index in [4.69, 9.17) is 0 Å². The monoisotopic (exact) mass is 302 g/mol. The highest BCUT2D eigenvalue weighted by atomic mass is 79.9.